The third-order valence-corrected chi connectivity index (χ3v) is 5.49. The van der Waals surface area contributed by atoms with Crippen molar-refractivity contribution in [2.75, 3.05) is 11.1 Å². The maximum Gasteiger partial charge on any atom is 0.277 e. The average molecular weight is 404 g/mol. The number of nitrogen functional groups attached to an aromatic ring is 1. The molecule has 146 valence electrons. The van der Waals surface area contributed by atoms with Crippen molar-refractivity contribution < 1.29 is 4.79 Å². The first kappa shape index (κ1) is 18.9. The summed E-state index contributed by atoms with van der Waals surface area (Å²) in [5.41, 5.74) is 9.68. The van der Waals surface area contributed by atoms with Gasteiger partial charge in [-0.2, -0.15) is 0 Å². The molecule has 0 saturated carbocycles. The maximum absolute atomic E-state index is 12.6. The highest BCUT2D eigenvalue weighted by atomic mass is 32.1. The molecule has 0 aliphatic carbocycles. The van der Waals surface area contributed by atoms with Gasteiger partial charge < -0.3 is 11.1 Å². The molecule has 2 aromatic carbocycles. The summed E-state index contributed by atoms with van der Waals surface area (Å²) >= 11 is 1.64. The summed E-state index contributed by atoms with van der Waals surface area (Å²) < 4.78 is 1.70. The van der Waals surface area contributed by atoms with E-state index in [2.05, 4.69) is 27.8 Å². The van der Waals surface area contributed by atoms with Crippen LogP contribution in [0.25, 0.3) is 10.4 Å². The quantitative estimate of drug-likeness (QED) is 0.446. The summed E-state index contributed by atoms with van der Waals surface area (Å²) in [5, 5.41) is 12.9. The van der Waals surface area contributed by atoms with Crippen molar-refractivity contribution >= 4 is 28.6 Å². The molecule has 0 radical (unpaired) electrons. The van der Waals surface area contributed by atoms with Gasteiger partial charge in [-0.25, -0.2) is 0 Å². The van der Waals surface area contributed by atoms with Crippen LogP contribution in [0.5, 0.6) is 0 Å². The number of benzene rings is 2. The van der Waals surface area contributed by atoms with Crippen molar-refractivity contribution in [2.45, 2.75) is 19.4 Å². The fraction of sp³-hybridized carbons (Fsp3) is 0.136. The SMILES string of the molecule is Nc1ccc(-c2cccs2)cc1NC(=O)c1cn(CCCc2ccccc2)nn1. The van der Waals surface area contributed by atoms with E-state index in [1.54, 1.807) is 28.3 Å². The molecule has 4 rings (SSSR count). The van der Waals surface area contributed by atoms with E-state index in [0.29, 0.717) is 17.9 Å². The van der Waals surface area contributed by atoms with Crippen LogP contribution in [0, 0.1) is 0 Å². The fourth-order valence-corrected chi connectivity index (χ4v) is 3.77. The molecule has 0 saturated heterocycles. The molecule has 0 bridgehead atoms. The summed E-state index contributed by atoms with van der Waals surface area (Å²) in [4.78, 5) is 13.7. The van der Waals surface area contributed by atoms with E-state index in [1.165, 1.54) is 5.56 Å². The van der Waals surface area contributed by atoms with Crippen LogP contribution < -0.4 is 11.1 Å². The molecule has 0 spiro atoms. The zero-order valence-electron chi connectivity index (χ0n) is 15.8. The van der Waals surface area contributed by atoms with Gasteiger partial charge in [0.15, 0.2) is 5.69 Å². The molecule has 3 N–H and O–H groups in total. The third-order valence-electron chi connectivity index (χ3n) is 4.57. The van der Waals surface area contributed by atoms with Gasteiger partial charge in [-0.1, -0.05) is 47.7 Å². The molecule has 4 aromatic rings. The Morgan fingerprint density at radius 3 is 2.76 bits per heavy atom. The zero-order chi connectivity index (χ0) is 20.1. The van der Waals surface area contributed by atoms with E-state index in [1.807, 2.05) is 47.8 Å². The molecule has 2 aromatic heterocycles. The number of nitrogens with one attached hydrogen (secondary N) is 1. The molecular formula is C22H21N5OS. The second-order valence-electron chi connectivity index (χ2n) is 6.69. The van der Waals surface area contributed by atoms with Crippen LogP contribution in [-0.2, 0) is 13.0 Å². The van der Waals surface area contributed by atoms with Crippen LogP contribution in [0.15, 0.2) is 72.2 Å². The van der Waals surface area contributed by atoms with Crippen molar-refractivity contribution in [2.24, 2.45) is 0 Å². The van der Waals surface area contributed by atoms with Gasteiger partial charge in [0.2, 0.25) is 0 Å². The molecule has 29 heavy (non-hydrogen) atoms. The largest absolute Gasteiger partial charge is 0.397 e. The van der Waals surface area contributed by atoms with Gasteiger partial charge in [0.25, 0.3) is 5.91 Å². The van der Waals surface area contributed by atoms with Gasteiger partial charge in [0.05, 0.1) is 17.6 Å². The number of hydrogen-bond acceptors (Lipinski definition) is 5. The van der Waals surface area contributed by atoms with E-state index in [0.717, 1.165) is 23.3 Å². The lowest BCUT2D eigenvalue weighted by Crippen LogP contribution is -2.13. The fourth-order valence-electron chi connectivity index (χ4n) is 3.05. The number of rotatable bonds is 7. The van der Waals surface area contributed by atoms with E-state index in [4.69, 9.17) is 5.73 Å². The second kappa shape index (κ2) is 8.70. The van der Waals surface area contributed by atoms with Gasteiger partial charge in [-0.3, -0.25) is 9.48 Å². The van der Waals surface area contributed by atoms with Crippen molar-refractivity contribution in [3.05, 3.63) is 83.5 Å². The highest BCUT2D eigenvalue weighted by molar-refractivity contribution is 7.13. The van der Waals surface area contributed by atoms with E-state index in [-0.39, 0.29) is 11.6 Å². The lowest BCUT2D eigenvalue weighted by Gasteiger charge is -2.08. The molecule has 2 heterocycles. The third kappa shape index (κ3) is 4.70. The van der Waals surface area contributed by atoms with Crippen LogP contribution in [0.2, 0.25) is 0 Å². The van der Waals surface area contributed by atoms with Gasteiger partial charge >= 0.3 is 0 Å². The Kier molecular flexibility index (Phi) is 5.67. The van der Waals surface area contributed by atoms with Gasteiger partial charge in [0, 0.05) is 11.4 Å². The first-order valence-electron chi connectivity index (χ1n) is 9.38. The zero-order valence-corrected chi connectivity index (χ0v) is 16.6. The highest BCUT2D eigenvalue weighted by Gasteiger charge is 2.13. The lowest BCUT2D eigenvalue weighted by molar-refractivity contribution is 0.102. The van der Waals surface area contributed by atoms with Crippen LogP contribution in [0.4, 0.5) is 11.4 Å². The number of amides is 1. The van der Waals surface area contributed by atoms with E-state index < -0.39 is 0 Å². The van der Waals surface area contributed by atoms with Crippen LogP contribution in [0.1, 0.15) is 22.5 Å². The number of aromatic nitrogens is 3. The molecule has 0 unspecified atom stereocenters. The van der Waals surface area contributed by atoms with E-state index >= 15 is 0 Å². The molecule has 0 aliphatic rings. The Bertz CT molecular complexity index is 1090. The number of nitrogens with zero attached hydrogens (tertiary/aromatic N) is 3. The van der Waals surface area contributed by atoms with Crippen LogP contribution in [-0.4, -0.2) is 20.9 Å². The average Bonchev–Trinajstić information content (AvgIpc) is 3.43. The Hall–Kier alpha value is -3.45. The number of carbonyl (C=O) groups excluding carboxylic acids is 1. The number of anilines is 2. The van der Waals surface area contributed by atoms with Gasteiger partial charge in [0.1, 0.15) is 0 Å². The smallest absolute Gasteiger partial charge is 0.277 e. The van der Waals surface area contributed by atoms with Crippen molar-refractivity contribution in [3.8, 4) is 10.4 Å². The van der Waals surface area contributed by atoms with Gasteiger partial charge in [-0.05, 0) is 47.5 Å². The monoisotopic (exact) mass is 403 g/mol. The Morgan fingerprint density at radius 2 is 1.97 bits per heavy atom. The number of aryl methyl sites for hydroxylation is 2. The predicted molar refractivity (Wildman–Crippen MR) is 117 cm³/mol. The van der Waals surface area contributed by atoms with Crippen molar-refractivity contribution in [3.63, 3.8) is 0 Å². The maximum atomic E-state index is 12.6. The lowest BCUT2D eigenvalue weighted by atomic mass is 10.1. The topological polar surface area (TPSA) is 85.8 Å². The van der Waals surface area contributed by atoms with Crippen molar-refractivity contribution in [1.29, 1.82) is 0 Å². The minimum Gasteiger partial charge on any atom is -0.397 e. The Balaban J connectivity index is 1.38. The predicted octanol–water partition coefficient (Wildman–Crippen LogP) is 4.47. The highest BCUT2D eigenvalue weighted by Crippen LogP contribution is 2.30. The summed E-state index contributed by atoms with van der Waals surface area (Å²) in [5.74, 6) is -0.325. The number of hydrogen-bond donors (Lipinski definition) is 2. The van der Waals surface area contributed by atoms with E-state index in [9.17, 15) is 4.79 Å². The second-order valence-corrected chi connectivity index (χ2v) is 7.64. The standard InChI is InChI=1S/C22H21N5OS/c23-18-11-10-17(21-9-5-13-29-21)14-19(18)24-22(28)20-15-27(26-25-20)12-4-8-16-6-2-1-3-7-16/h1-3,5-7,9-11,13-15H,4,8,12,23H2,(H,24,28). The first-order valence-corrected chi connectivity index (χ1v) is 10.3. The minimum atomic E-state index is -0.325. The molecular weight excluding hydrogens is 382 g/mol. The summed E-state index contributed by atoms with van der Waals surface area (Å²) in [6, 6.07) is 19.9. The molecule has 0 aliphatic heterocycles. The minimum absolute atomic E-state index is 0.269. The Labute approximate surface area is 173 Å². The number of thiophene rings is 1. The number of nitrogens with two attached hydrogens (primary N) is 1. The molecule has 0 fully saturated rings. The van der Waals surface area contributed by atoms with Crippen molar-refractivity contribution in [1.82, 2.24) is 15.0 Å². The first-order chi connectivity index (χ1) is 14.2. The van der Waals surface area contributed by atoms with Gasteiger partial charge in [-0.15, -0.1) is 16.4 Å². The molecule has 6 nitrogen and oxygen atoms in total. The normalized spacial score (nSPS) is 10.8. The summed E-state index contributed by atoms with van der Waals surface area (Å²) in [7, 11) is 0. The summed E-state index contributed by atoms with van der Waals surface area (Å²) in [6.45, 7) is 0.700. The molecule has 0 atom stereocenters. The molecule has 7 heteroatoms. The molecule has 1 amide bonds. The summed E-state index contributed by atoms with van der Waals surface area (Å²) in [6.07, 6.45) is 3.54. The van der Waals surface area contributed by atoms with Crippen LogP contribution >= 0.6 is 11.3 Å². The number of carbonyl (C=O) groups is 1. The van der Waals surface area contributed by atoms with Crippen LogP contribution in [0.3, 0.4) is 0 Å². The Morgan fingerprint density at radius 1 is 1.10 bits per heavy atom.